The summed E-state index contributed by atoms with van der Waals surface area (Å²) in [6.07, 6.45) is 6.92. The minimum Gasteiger partial charge on any atom is -0.493 e. The second-order valence-electron chi connectivity index (χ2n) is 5.67. The van der Waals surface area contributed by atoms with E-state index in [9.17, 15) is 0 Å². The summed E-state index contributed by atoms with van der Waals surface area (Å²) in [5, 5.41) is 3.65. The monoisotopic (exact) mass is 285 g/mol. The van der Waals surface area contributed by atoms with Crippen LogP contribution >= 0.6 is 0 Å². The van der Waals surface area contributed by atoms with Crippen LogP contribution in [0.4, 0.5) is 0 Å². The molecule has 3 nitrogen and oxygen atoms in total. The Balaban J connectivity index is 1.77. The number of hydrogen-bond acceptors (Lipinski definition) is 3. The third kappa shape index (κ3) is 3.30. The molecule has 1 aromatic heterocycles. The second kappa shape index (κ2) is 6.81. The van der Waals surface area contributed by atoms with Crippen LogP contribution in [-0.4, -0.2) is 13.2 Å². The van der Waals surface area contributed by atoms with Gasteiger partial charge in [0.15, 0.2) is 0 Å². The predicted octanol–water partition coefficient (Wildman–Crippen LogP) is 4.28. The number of fused-ring (bicyclic) bond motifs is 1. The molecule has 3 rings (SSSR count). The van der Waals surface area contributed by atoms with E-state index in [2.05, 4.69) is 36.5 Å². The Morgan fingerprint density at radius 1 is 1.29 bits per heavy atom. The average Bonchev–Trinajstić information content (AvgIpc) is 3.06. The molecule has 2 heterocycles. The largest absolute Gasteiger partial charge is 0.493 e. The predicted molar refractivity (Wildman–Crippen MR) is 83.7 cm³/mol. The van der Waals surface area contributed by atoms with Crippen molar-refractivity contribution in [2.24, 2.45) is 0 Å². The van der Waals surface area contributed by atoms with Crippen molar-refractivity contribution in [3.63, 3.8) is 0 Å². The molecule has 2 atom stereocenters. The van der Waals surface area contributed by atoms with E-state index in [0.29, 0.717) is 12.0 Å². The molecule has 21 heavy (non-hydrogen) atoms. The van der Waals surface area contributed by atoms with Gasteiger partial charge in [0.05, 0.1) is 19.1 Å². The van der Waals surface area contributed by atoms with Crippen molar-refractivity contribution in [3.8, 4) is 5.75 Å². The number of ether oxygens (including phenoxy) is 1. The van der Waals surface area contributed by atoms with Crippen LogP contribution in [0.5, 0.6) is 5.75 Å². The molecule has 1 aromatic carbocycles. The molecule has 112 valence electrons. The van der Waals surface area contributed by atoms with Gasteiger partial charge in [-0.05, 0) is 49.4 Å². The summed E-state index contributed by atoms with van der Waals surface area (Å²) in [6.45, 7) is 4.04. The maximum atomic E-state index is 5.77. The van der Waals surface area contributed by atoms with Crippen molar-refractivity contribution in [1.29, 1.82) is 0 Å². The van der Waals surface area contributed by atoms with Gasteiger partial charge < -0.3 is 14.5 Å². The van der Waals surface area contributed by atoms with E-state index in [4.69, 9.17) is 9.15 Å². The van der Waals surface area contributed by atoms with E-state index in [-0.39, 0.29) is 0 Å². The van der Waals surface area contributed by atoms with Crippen LogP contribution in [0.15, 0.2) is 47.3 Å². The SMILES string of the molecule is CCCNC(CC1CCOc2ccccc21)c1ccoc1. The van der Waals surface area contributed by atoms with Crippen LogP contribution in [-0.2, 0) is 0 Å². The van der Waals surface area contributed by atoms with Gasteiger partial charge in [-0.2, -0.15) is 0 Å². The van der Waals surface area contributed by atoms with Gasteiger partial charge in [-0.25, -0.2) is 0 Å². The van der Waals surface area contributed by atoms with Crippen molar-refractivity contribution >= 4 is 0 Å². The van der Waals surface area contributed by atoms with Crippen LogP contribution in [0.1, 0.15) is 49.3 Å². The maximum Gasteiger partial charge on any atom is 0.122 e. The highest BCUT2D eigenvalue weighted by Crippen LogP contribution is 2.38. The summed E-state index contributed by atoms with van der Waals surface area (Å²) in [7, 11) is 0. The Bertz CT molecular complexity index is 550. The summed E-state index contributed by atoms with van der Waals surface area (Å²) in [6, 6.07) is 10.8. The molecule has 1 N–H and O–H groups in total. The van der Waals surface area contributed by atoms with E-state index in [0.717, 1.165) is 38.2 Å². The molecule has 0 aliphatic carbocycles. The minimum atomic E-state index is 0.347. The fourth-order valence-electron chi connectivity index (χ4n) is 3.07. The number of nitrogens with one attached hydrogen (secondary N) is 1. The highest BCUT2D eigenvalue weighted by Gasteiger charge is 2.25. The van der Waals surface area contributed by atoms with Gasteiger partial charge in [0, 0.05) is 11.6 Å². The normalized spacial score (nSPS) is 18.8. The molecule has 2 unspecified atom stereocenters. The fourth-order valence-corrected chi connectivity index (χ4v) is 3.07. The number of furan rings is 1. The first-order valence-electron chi connectivity index (χ1n) is 7.85. The van der Waals surface area contributed by atoms with Crippen molar-refractivity contribution < 1.29 is 9.15 Å². The number of benzene rings is 1. The van der Waals surface area contributed by atoms with Gasteiger partial charge in [-0.1, -0.05) is 25.1 Å². The lowest BCUT2D eigenvalue weighted by molar-refractivity contribution is 0.255. The van der Waals surface area contributed by atoms with Crippen LogP contribution in [0.2, 0.25) is 0 Å². The van der Waals surface area contributed by atoms with Crippen molar-refractivity contribution in [1.82, 2.24) is 5.32 Å². The summed E-state index contributed by atoms with van der Waals surface area (Å²) in [4.78, 5) is 0. The molecule has 0 spiro atoms. The number of hydrogen-bond donors (Lipinski definition) is 1. The zero-order chi connectivity index (χ0) is 14.5. The Labute approximate surface area is 126 Å². The average molecular weight is 285 g/mol. The van der Waals surface area contributed by atoms with Crippen molar-refractivity contribution in [2.75, 3.05) is 13.2 Å². The molecule has 1 aliphatic heterocycles. The standard InChI is InChI=1S/C18H23NO2/c1-2-9-19-17(15-7-10-20-13-15)12-14-8-11-21-18-6-4-3-5-16(14)18/h3-7,10,13-14,17,19H,2,8-9,11-12H2,1H3. The van der Waals surface area contributed by atoms with E-state index in [1.54, 1.807) is 6.26 Å². The van der Waals surface area contributed by atoms with Gasteiger partial charge >= 0.3 is 0 Å². The lowest BCUT2D eigenvalue weighted by atomic mass is 9.86. The zero-order valence-corrected chi connectivity index (χ0v) is 12.5. The summed E-state index contributed by atoms with van der Waals surface area (Å²) in [5.74, 6) is 1.59. The second-order valence-corrected chi connectivity index (χ2v) is 5.67. The Morgan fingerprint density at radius 2 is 2.19 bits per heavy atom. The van der Waals surface area contributed by atoms with Gasteiger partial charge in [0.25, 0.3) is 0 Å². The zero-order valence-electron chi connectivity index (χ0n) is 12.5. The van der Waals surface area contributed by atoms with Crippen LogP contribution in [0.25, 0.3) is 0 Å². The first-order chi connectivity index (χ1) is 10.4. The third-order valence-corrected chi connectivity index (χ3v) is 4.19. The van der Waals surface area contributed by atoms with Crippen LogP contribution in [0, 0.1) is 0 Å². The van der Waals surface area contributed by atoms with E-state index >= 15 is 0 Å². The van der Waals surface area contributed by atoms with E-state index in [1.807, 2.05) is 12.3 Å². The lowest BCUT2D eigenvalue weighted by Crippen LogP contribution is -2.25. The van der Waals surface area contributed by atoms with Gasteiger partial charge in [-0.15, -0.1) is 0 Å². The quantitative estimate of drug-likeness (QED) is 0.860. The number of para-hydroxylation sites is 1. The summed E-state index contributed by atoms with van der Waals surface area (Å²) < 4.78 is 11.0. The first-order valence-corrected chi connectivity index (χ1v) is 7.85. The molecule has 0 radical (unpaired) electrons. The van der Waals surface area contributed by atoms with Crippen molar-refractivity contribution in [2.45, 2.75) is 38.1 Å². The third-order valence-electron chi connectivity index (χ3n) is 4.19. The topological polar surface area (TPSA) is 34.4 Å². The maximum absolute atomic E-state index is 5.77. The number of rotatable bonds is 6. The smallest absolute Gasteiger partial charge is 0.122 e. The van der Waals surface area contributed by atoms with Crippen LogP contribution in [0.3, 0.4) is 0 Å². The minimum absolute atomic E-state index is 0.347. The summed E-state index contributed by atoms with van der Waals surface area (Å²) in [5.41, 5.74) is 2.59. The van der Waals surface area contributed by atoms with Gasteiger partial charge in [0.2, 0.25) is 0 Å². The highest BCUT2D eigenvalue weighted by atomic mass is 16.5. The molecular formula is C18H23NO2. The molecule has 0 saturated carbocycles. The lowest BCUT2D eigenvalue weighted by Gasteiger charge is -2.29. The molecule has 0 fully saturated rings. The van der Waals surface area contributed by atoms with Crippen molar-refractivity contribution in [3.05, 3.63) is 54.0 Å². The van der Waals surface area contributed by atoms with E-state index in [1.165, 1.54) is 11.1 Å². The Hall–Kier alpha value is -1.74. The first kappa shape index (κ1) is 14.2. The van der Waals surface area contributed by atoms with Gasteiger partial charge in [0.1, 0.15) is 5.75 Å². The molecule has 0 bridgehead atoms. The van der Waals surface area contributed by atoms with E-state index < -0.39 is 0 Å². The van der Waals surface area contributed by atoms with Crippen LogP contribution < -0.4 is 10.1 Å². The molecule has 0 saturated heterocycles. The molecule has 2 aromatic rings. The molecule has 3 heteroatoms. The Morgan fingerprint density at radius 3 is 3.00 bits per heavy atom. The molecule has 0 amide bonds. The van der Waals surface area contributed by atoms with Gasteiger partial charge in [-0.3, -0.25) is 0 Å². The fraction of sp³-hybridized carbons (Fsp3) is 0.444. The molecule has 1 aliphatic rings. The Kier molecular flexibility index (Phi) is 4.61. The molecular weight excluding hydrogens is 262 g/mol. The highest BCUT2D eigenvalue weighted by molar-refractivity contribution is 5.38. The summed E-state index contributed by atoms with van der Waals surface area (Å²) >= 11 is 0.